The van der Waals surface area contributed by atoms with Crippen LogP contribution in [-0.2, 0) is 22.6 Å². The summed E-state index contributed by atoms with van der Waals surface area (Å²) in [5, 5.41) is 0.733. The Morgan fingerprint density at radius 3 is 2.15 bits per heavy atom. The van der Waals surface area contributed by atoms with E-state index in [1.54, 1.807) is 0 Å². The number of carbonyl (C=O) groups excluding carboxylic acids is 1. The molecule has 1 aliphatic rings. The third kappa shape index (κ3) is 6.66. The molecule has 0 aliphatic carbocycles. The number of rotatable bonds is 8. The summed E-state index contributed by atoms with van der Waals surface area (Å²) in [6, 6.07) is 23.1. The average Bonchev–Trinajstić information content (AvgIpc) is 2.83. The van der Waals surface area contributed by atoms with Crippen molar-refractivity contribution in [1.82, 2.24) is 9.80 Å². The van der Waals surface area contributed by atoms with E-state index in [0.717, 1.165) is 47.9 Å². The number of benzene rings is 3. The van der Waals surface area contributed by atoms with Gasteiger partial charge in [-0.1, -0.05) is 60.1 Å². The molecule has 0 saturated carbocycles. The summed E-state index contributed by atoms with van der Waals surface area (Å²) in [5.74, 6) is -0.413. The standard InChI is InChI=1S/C28H30ClFN2O2/c1-2-34-28(33)17-27-20-31(15-16-32(27)19-22-5-13-26(30)14-6-22)18-21-3-7-23(8-4-21)24-9-11-25(29)12-10-24/h3-14,27H,2,15-20H2,1H3. The summed E-state index contributed by atoms with van der Waals surface area (Å²) in [5.41, 5.74) is 4.57. The van der Waals surface area contributed by atoms with Gasteiger partial charge in [0.2, 0.25) is 0 Å². The largest absolute Gasteiger partial charge is 0.466 e. The first-order valence-electron chi connectivity index (χ1n) is 11.7. The van der Waals surface area contributed by atoms with Crippen molar-refractivity contribution in [3.8, 4) is 11.1 Å². The first-order chi connectivity index (χ1) is 16.5. The predicted octanol–water partition coefficient (Wildman–Crippen LogP) is 5.79. The van der Waals surface area contributed by atoms with Crippen molar-refractivity contribution in [1.29, 1.82) is 0 Å². The number of hydrogen-bond donors (Lipinski definition) is 0. The van der Waals surface area contributed by atoms with E-state index in [0.29, 0.717) is 19.6 Å². The molecule has 1 aliphatic heterocycles. The number of nitrogens with zero attached hydrogens (tertiary/aromatic N) is 2. The van der Waals surface area contributed by atoms with E-state index in [2.05, 4.69) is 34.1 Å². The summed E-state index contributed by atoms with van der Waals surface area (Å²) >= 11 is 6.00. The second kappa shape index (κ2) is 11.6. The predicted molar refractivity (Wildman–Crippen MR) is 134 cm³/mol. The van der Waals surface area contributed by atoms with Gasteiger partial charge in [-0.05, 0) is 53.4 Å². The lowest BCUT2D eigenvalue weighted by Crippen LogP contribution is -2.53. The molecule has 0 radical (unpaired) electrons. The minimum Gasteiger partial charge on any atom is -0.466 e. The number of piperazine rings is 1. The van der Waals surface area contributed by atoms with E-state index in [1.807, 2.05) is 43.3 Å². The molecular formula is C28H30ClFN2O2. The molecule has 1 saturated heterocycles. The summed E-state index contributed by atoms with van der Waals surface area (Å²) in [6.45, 7) is 6.24. The van der Waals surface area contributed by atoms with Gasteiger partial charge in [0, 0.05) is 43.8 Å². The van der Waals surface area contributed by atoms with E-state index < -0.39 is 0 Å². The molecule has 0 bridgehead atoms. The smallest absolute Gasteiger partial charge is 0.307 e. The molecule has 0 aromatic heterocycles. The number of esters is 1. The number of hydrogen-bond acceptors (Lipinski definition) is 4. The highest BCUT2D eigenvalue weighted by atomic mass is 35.5. The summed E-state index contributed by atoms with van der Waals surface area (Å²) in [6.07, 6.45) is 0.348. The Bertz CT molecular complexity index is 1070. The third-order valence-corrected chi connectivity index (χ3v) is 6.48. The molecule has 1 heterocycles. The van der Waals surface area contributed by atoms with Gasteiger partial charge in [-0.3, -0.25) is 14.6 Å². The van der Waals surface area contributed by atoms with Gasteiger partial charge < -0.3 is 4.74 Å². The van der Waals surface area contributed by atoms with E-state index in [9.17, 15) is 9.18 Å². The lowest BCUT2D eigenvalue weighted by Gasteiger charge is -2.41. The lowest BCUT2D eigenvalue weighted by atomic mass is 10.0. The fourth-order valence-electron chi connectivity index (χ4n) is 4.44. The molecule has 178 valence electrons. The molecule has 1 atom stereocenters. The van der Waals surface area contributed by atoms with Crippen LogP contribution in [0.5, 0.6) is 0 Å². The molecular weight excluding hydrogens is 451 g/mol. The van der Waals surface area contributed by atoms with Gasteiger partial charge in [0.25, 0.3) is 0 Å². The van der Waals surface area contributed by atoms with Gasteiger partial charge in [0.1, 0.15) is 5.82 Å². The maximum absolute atomic E-state index is 13.3. The minimum atomic E-state index is -0.237. The van der Waals surface area contributed by atoms with Crippen LogP contribution in [-0.4, -0.2) is 48.1 Å². The molecule has 4 rings (SSSR count). The van der Waals surface area contributed by atoms with Gasteiger partial charge in [-0.2, -0.15) is 0 Å². The van der Waals surface area contributed by atoms with Crippen LogP contribution in [0.3, 0.4) is 0 Å². The first kappa shape index (κ1) is 24.4. The van der Waals surface area contributed by atoms with Gasteiger partial charge in [-0.25, -0.2) is 4.39 Å². The van der Waals surface area contributed by atoms with Crippen LogP contribution in [0.15, 0.2) is 72.8 Å². The Labute approximate surface area is 205 Å². The van der Waals surface area contributed by atoms with Crippen molar-refractivity contribution in [3.63, 3.8) is 0 Å². The average molecular weight is 481 g/mol. The second-order valence-electron chi connectivity index (χ2n) is 8.70. The number of carbonyl (C=O) groups is 1. The van der Waals surface area contributed by atoms with Crippen molar-refractivity contribution in [2.75, 3.05) is 26.2 Å². The minimum absolute atomic E-state index is 0.0474. The Hall–Kier alpha value is -2.73. The summed E-state index contributed by atoms with van der Waals surface area (Å²) in [7, 11) is 0. The van der Waals surface area contributed by atoms with E-state index in [4.69, 9.17) is 16.3 Å². The molecule has 6 heteroatoms. The Kier molecular flexibility index (Phi) is 8.33. The van der Waals surface area contributed by atoms with Crippen LogP contribution in [0.25, 0.3) is 11.1 Å². The van der Waals surface area contributed by atoms with Crippen molar-refractivity contribution in [2.24, 2.45) is 0 Å². The molecule has 0 N–H and O–H groups in total. The lowest BCUT2D eigenvalue weighted by molar-refractivity contribution is -0.145. The van der Waals surface area contributed by atoms with Crippen LogP contribution in [0.2, 0.25) is 5.02 Å². The topological polar surface area (TPSA) is 32.8 Å². The van der Waals surface area contributed by atoms with Gasteiger partial charge in [0.05, 0.1) is 13.0 Å². The van der Waals surface area contributed by atoms with Crippen molar-refractivity contribution in [3.05, 3.63) is 94.8 Å². The quantitative estimate of drug-likeness (QED) is 0.382. The molecule has 3 aromatic rings. The molecule has 4 nitrogen and oxygen atoms in total. The van der Waals surface area contributed by atoms with E-state index in [1.165, 1.54) is 17.7 Å². The molecule has 0 spiro atoms. The van der Waals surface area contributed by atoms with Crippen LogP contribution < -0.4 is 0 Å². The van der Waals surface area contributed by atoms with Crippen LogP contribution in [0.1, 0.15) is 24.5 Å². The van der Waals surface area contributed by atoms with Gasteiger partial charge in [-0.15, -0.1) is 0 Å². The monoisotopic (exact) mass is 480 g/mol. The fraction of sp³-hybridized carbons (Fsp3) is 0.321. The highest BCUT2D eigenvalue weighted by molar-refractivity contribution is 6.30. The first-order valence-corrected chi connectivity index (χ1v) is 12.1. The van der Waals surface area contributed by atoms with E-state index in [-0.39, 0.29) is 17.8 Å². The number of halogens is 2. The molecule has 3 aromatic carbocycles. The molecule has 1 fully saturated rings. The maximum Gasteiger partial charge on any atom is 0.307 e. The van der Waals surface area contributed by atoms with Crippen molar-refractivity contribution in [2.45, 2.75) is 32.5 Å². The van der Waals surface area contributed by atoms with E-state index >= 15 is 0 Å². The fourth-order valence-corrected chi connectivity index (χ4v) is 4.57. The molecule has 1 unspecified atom stereocenters. The zero-order valence-corrected chi connectivity index (χ0v) is 20.2. The summed E-state index contributed by atoms with van der Waals surface area (Å²) in [4.78, 5) is 17.0. The van der Waals surface area contributed by atoms with Gasteiger partial charge in [0.15, 0.2) is 0 Å². The van der Waals surface area contributed by atoms with Crippen LogP contribution in [0, 0.1) is 5.82 Å². The Morgan fingerprint density at radius 2 is 1.50 bits per heavy atom. The molecule has 34 heavy (non-hydrogen) atoms. The number of ether oxygens (including phenoxy) is 1. The Balaban J connectivity index is 1.41. The van der Waals surface area contributed by atoms with Crippen LogP contribution >= 0.6 is 11.6 Å². The third-order valence-electron chi connectivity index (χ3n) is 6.23. The normalized spacial score (nSPS) is 17.0. The SMILES string of the molecule is CCOC(=O)CC1CN(Cc2ccc(-c3ccc(Cl)cc3)cc2)CCN1Cc1ccc(F)cc1. The summed E-state index contributed by atoms with van der Waals surface area (Å²) < 4.78 is 18.5. The zero-order chi connectivity index (χ0) is 23.9. The van der Waals surface area contributed by atoms with Crippen LogP contribution in [0.4, 0.5) is 4.39 Å². The second-order valence-corrected chi connectivity index (χ2v) is 9.14. The Morgan fingerprint density at radius 1 is 0.912 bits per heavy atom. The highest BCUT2D eigenvalue weighted by Crippen LogP contribution is 2.23. The van der Waals surface area contributed by atoms with Gasteiger partial charge >= 0.3 is 5.97 Å². The van der Waals surface area contributed by atoms with Crippen molar-refractivity contribution < 1.29 is 13.9 Å². The maximum atomic E-state index is 13.3. The molecule has 0 amide bonds. The highest BCUT2D eigenvalue weighted by Gasteiger charge is 2.29. The van der Waals surface area contributed by atoms with Crippen molar-refractivity contribution >= 4 is 17.6 Å². The zero-order valence-electron chi connectivity index (χ0n) is 19.4.